The highest BCUT2D eigenvalue weighted by Gasteiger charge is 2.27. The maximum atomic E-state index is 13.1. The van der Waals surface area contributed by atoms with Gasteiger partial charge in [-0.05, 0) is 49.9 Å². The average molecular weight is 414 g/mol. The van der Waals surface area contributed by atoms with Gasteiger partial charge in [0, 0.05) is 31.5 Å². The first kappa shape index (κ1) is 20.1. The van der Waals surface area contributed by atoms with Crippen LogP contribution in [0.5, 0.6) is 0 Å². The van der Waals surface area contributed by atoms with Crippen molar-refractivity contribution in [3.05, 3.63) is 54.0 Å². The second-order valence-electron chi connectivity index (χ2n) is 7.60. The lowest BCUT2D eigenvalue weighted by Gasteiger charge is -2.36. The normalized spacial score (nSPS) is 19.2. The number of fused-ring (bicyclic) bond motifs is 1. The van der Waals surface area contributed by atoms with E-state index in [0.717, 1.165) is 31.5 Å². The molecule has 158 valence electrons. The quantitative estimate of drug-likeness (QED) is 0.668. The predicted molar refractivity (Wildman–Crippen MR) is 111 cm³/mol. The minimum absolute atomic E-state index is 0.0660. The summed E-state index contributed by atoms with van der Waals surface area (Å²) in [5.74, 6) is 0.836. The molecule has 0 radical (unpaired) electrons. The molecule has 30 heavy (non-hydrogen) atoms. The number of nitrogens with one attached hydrogen (secondary N) is 1. The fourth-order valence-corrected chi connectivity index (χ4v) is 4.07. The largest absolute Gasteiger partial charge is 0.383 e. The average Bonchev–Trinajstić information content (AvgIpc) is 3.19. The number of halogens is 2. The van der Waals surface area contributed by atoms with Gasteiger partial charge in [0.25, 0.3) is 12.3 Å². The molecule has 0 unspecified atom stereocenters. The molecule has 9 heteroatoms. The van der Waals surface area contributed by atoms with Gasteiger partial charge in [-0.15, -0.1) is 0 Å². The van der Waals surface area contributed by atoms with Gasteiger partial charge >= 0.3 is 0 Å². The summed E-state index contributed by atoms with van der Waals surface area (Å²) >= 11 is 0. The molecule has 1 amide bonds. The Morgan fingerprint density at radius 2 is 2.00 bits per heavy atom. The van der Waals surface area contributed by atoms with Crippen LogP contribution in [0.3, 0.4) is 0 Å². The van der Waals surface area contributed by atoms with Crippen LogP contribution in [0.15, 0.2) is 42.7 Å². The molecular weight excluding hydrogens is 390 g/mol. The van der Waals surface area contributed by atoms with Crippen molar-refractivity contribution in [1.82, 2.24) is 19.7 Å². The van der Waals surface area contributed by atoms with E-state index in [1.54, 1.807) is 28.8 Å². The zero-order valence-electron chi connectivity index (χ0n) is 16.6. The number of carbonyl (C=O) groups is 1. The van der Waals surface area contributed by atoms with Crippen molar-refractivity contribution in [2.24, 2.45) is 0 Å². The summed E-state index contributed by atoms with van der Waals surface area (Å²) in [6.45, 7) is 0. The van der Waals surface area contributed by atoms with Crippen LogP contribution < -0.4 is 16.0 Å². The minimum atomic E-state index is -2.60. The third-order valence-corrected chi connectivity index (χ3v) is 5.74. The van der Waals surface area contributed by atoms with E-state index >= 15 is 0 Å². The van der Waals surface area contributed by atoms with Gasteiger partial charge < -0.3 is 16.0 Å². The smallest absolute Gasteiger partial charge is 0.281 e. The molecular formula is C21H24F2N6O. The van der Waals surface area contributed by atoms with Crippen LogP contribution in [0.1, 0.15) is 48.2 Å². The van der Waals surface area contributed by atoms with E-state index < -0.39 is 6.43 Å². The number of nitrogens with two attached hydrogens (primary N) is 1. The molecule has 1 aliphatic carbocycles. The summed E-state index contributed by atoms with van der Waals surface area (Å²) in [6.07, 6.45) is 3.74. The third kappa shape index (κ3) is 3.92. The number of rotatable bonds is 5. The first-order valence-electron chi connectivity index (χ1n) is 9.94. The number of hydrogen-bond acceptors (Lipinski definition) is 5. The molecule has 0 atom stereocenters. The number of hydrogen-bond donors (Lipinski definition) is 2. The van der Waals surface area contributed by atoms with Crippen LogP contribution in [0.25, 0.3) is 5.65 Å². The fourth-order valence-electron chi connectivity index (χ4n) is 4.07. The number of amides is 1. The number of pyridine rings is 2. The van der Waals surface area contributed by atoms with E-state index in [0.29, 0.717) is 11.2 Å². The summed E-state index contributed by atoms with van der Waals surface area (Å²) in [6, 6.07) is 9.11. The maximum absolute atomic E-state index is 13.1. The van der Waals surface area contributed by atoms with E-state index in [1.165, 1.54) is 6.20 Å². The zero-order valence-corrected chi connectivity index (χ0v) is 16.6. The SMILES string of the molecule is CN(c1cccc2nc(C(F)F)cn12)[C@H]1CC[C@@H](NC(=O)c2cccnc2N)CC1. The van der Waals surface area contributed by atoms with Crippen LogP contribution in [0.2, 0.25) is 0 Å². The van der Waals surface area contributed by atoms with Crippen molar-refractivity contribution in [3.8, 4) is 0 Å². The van der Waals surface area contributed by atoms with Crippen molar-refractivity contribution in [2.75, 3.05) is 17.7 Å². The molecule has 0 saturated heterocycles. The summed E-state index contributed by atoms with van der Waals surface area (Å²) in [4.78, 5) is 22.5. The Bertz CT molecular complexity index is 1040. The molecule has 3 aromatic rings. The molecule has 0 aliphatic heterocycles. The minimum Gasteiger partial charge on any atom is -0.383 e. The summed E-state index contributed by atoms with van der Waals surface area (Å²) < 4.78 is 27.8. The molecule has 1 saturated carbocycles. The Kier molecular flexibility index (Phi) is 5.52. The molecule has 0 bridgehead atoms. The van der Waals surface area contributed by atoms with Crippen molar-refractivity contribution < 1.29 is 13.6 Å². The van der Waals surface area contributed by atoms with Crippen LogP contribution in [0.4, 0.5) is 20.4 Å². The lowest BCUT2D eigenvalue weighted by atomic mass is 9.90. The van der Waals surface area contributed by atoms with Gasteiger partial charge in [0.05, 0.1) is 5.56 Å². The number of nitrogen functional groups attached to an aromatic ring is 1. The van der Waals surface area contributed by atoms with Crippen molar-refractivity contribution in [2.45, 2.75) is 44.2 Å². The number of imidazole rings is 1. The fraction of sp³-hybridized carbons (Fsp3) is 0.381. The highest BCUT2D eigenvalue weighted by atomic mass is 19.3. The van der Waals surface area contributed by atoms with Crippen molar-refractivity contribution >= 4 is 23.2 Å². The molecule has 1 fully saturated rings. The summed E-state index contributed by atoms with van der Waals surface area (Å²) in [5.41, 5.74) is 6.45. The molecule has 0 spiro atoms. The number of anilines is 2. The van der Waals surface area contributed by atoms with Crippen LogP contribution in [-0.2, 0) is 0 Å². The Hall–Kier alpha value is -3.23. The van der Waals surface area contributed by atoms with Gasteiger partial charge in [0.1, 0.15) is 23.0 Å². The van der Waals surface area contributed by atoms with Gasteiger partial charge in [-0.1, -0.05) is 6.07 Å². The molecule has 4 rings (SSSR count). The van der Waals surface area contributed by atoms with Crippen molar-refractivity contribution in [1.29, 1.82) is 0 Å². The standard InChI is InChI=1S/C21H24F2N6O/c1-28(18-6-2-5-17-27-16(19(22)23)12-29(17)18)14-9-7-13(8-10-14)26-21(30)15-4-3-11-25-20(15)24/h2-6,11-14,19H,7-10H2,1H3,(H2,24,25)(H,26,30)/t13-,14+. The van der Waals surface area contributed by atoms with Crippen LogP contribution in [0, 0.1) is 0 Å². The van der Waals surface area contributed by atoms with Gasteiger partial charge in [-0.3, -0.25) is 9.20 Å². The third-order valence-electron chi connectivity index (χ3n) is 5.74. The monoisotopic (exact) mass is 414 g/mol. The van der Waals surface area contributed by atoms with Gasteiger partial charge in [-0.25, -0.2) is 18.7 Å². The highest BCUT2D eigenvalue weighted by Crippen LogP contribution is 2.28. The highest BCUT2D eigenvalue weighted by molar-refractivity contribution is 5.98. The zero-order chi connectivity index (χ0) is 21.3. The molecule has 3 N–H and O–H groups in total. The Balaban J connectivity index is 1.41. The van der Waals surface area contributed by atoms with E-state index in [1.807, 2.05) is 19.2 Å². The number of alkyl halides is 2. The van der Waals surface area contributed by atoms with Gasteiger partial charge in [0.15, 0.2) is 0 Å². The topological polar surface area (TPSA) is 88.5 Å². The lowest BCUT2D eigenvalue weighted by Crippen LogP contribution is -2.43. The van der Waals surface area contributed by atoms with E-state index in [2.05, 4.69) is 20.2 Å². The summed E-state index contributed by atoms with van der Waals surface area (Å²) in [7, 11) is 1.97. The first-order chi connectivity index (χ1) is 14.4. The second kappa shape index (κ2) is 8.25. The molecule has 1 aliphatic rings. The Morgan fingerprint density at radius 1 is 1.23 bits per heavy atom. The van der Waals surface area contributed by atoms with E-state index in [4.69, 9.17) is 5.73 Å². The summed E-state index contributed by atoms with van der Waals surface area (Å²) in [5, 5.41) is 3.04. The second-order valence-corrected chi connectivity index (χ2v) is 7.60. The van der Waals surface area contributed by atoms with Crippen LogP contribution in [-0.4, -0.2) is 39.4 Å². The number of carbonyl (C=O) groups excluding carboxylic acids is 1. The van der Waals surface area contributed by atoms with Gasteiger partial charge in [0.2, 0.25) is 0 Å². The molecule has 7 nitrogen and oxygen atoms in total. The molecule has 3 aromatic heterocycles. The molecule has 3 heterocycles. The van der Waals surface area contributed by atoms with Gasteiger partial charge in [-0.2, -0.15) is 0 Å². The Morgan fingerprint density at radius 3 is 2.70 bits per heavy atom. The first-order valence-corrected chi connectivity index (χ1v) is 9.94. The number of nitrogens with zero attached hydrogens (tertiary/aromatic N) is 4. The van der Waals surface area contributed by atoms with Crippen molar-refractivity contribution in [3.63, 3.8) is 0 Å². The lowest BCUT2D eigenvalue weighted by molar-refractivity contribution is 0.0926. The van der Waals surface area contributed by atoms with E-state index in [-0.39, 0.29) is 29.5 Å². The maximum Gasteiger partial charge on any atom is 0.281 e. The predicted octanol–water partition coefficient (Wildman–Crippen LogP) is 3.43. The van der Waals surface area contributed by atoms with E-state index in [9.17, 15) is 13.6 Å². The molecule has 0 aromatic carbocycles. The Labute approximate surface area is 172 Å². The number of aromatic nitrogens is 3. The van der Waals surface area contributed by atoms with Crippen LogP contribution >= 0.6 is 0 Å².